The maximum absolute atomic E-state index is 11.9. The van der Waals surface area contributed by atoms with E-state index < -0.39 is 16.0 Å². The molecule has 2 aromatic rings. The Morgan fingerprint density at radius 3 is 2.48 bits per heavy atom. The molecule has 2 aromatic carbocycles. The molecule has 0 amide bonds. The minimum atomic E-state index is -3.54. The van der Waals surface area contributed by atoms with E-state index in [1.807, 2.05) is 0 Å². The second-order valence-electron chi connectivity index (χ2n) is 4.97. The molecule has 0 heterocycles. The summed E-state index contributed by atoms with van der Waals surface area (Å²) in [7, 11) is -3.54. The summed E-state index contributed by atoms with van der Waals surface area (Å²) in [5.41, 5.74) is 0.262. The van der Waals surface area contributed by atoms with Crippen molar-refractivity contribution in [1.29, 1.82) is 0 Å². The number of rotatable bonds is 8. The van der Waals surface area contributed by atoms with Crippen molar-refractivity contribution in [2.75, 3.05) is 19.8 Å². The van der Waals surface area contributed by atoms with Crippen LogP contribution in [-0.2, 0) is 14.8 Å². The van der Waals surface area contributed by atoms with Crippen LogP contribution in [0.2, 0.25) is 5.02 Å². The largest absolute Gasteiger partial charge is 0.490 e. The van der Waals surface area contributed by atoms with E-state index in [1.165, 1.54) is 24.3 Å². The van der Waals surface area contributed by atoms with Gasteiger partial charge in [0.1, 0.15) is 19.0 Å². The SMILES string of the molecule is CCNS(=O)(=O)c1ccc(C(=O)OCCOc2cccc(Cl)c2)cc1. The molecule has 134 valence electrons. The van der Waals surface area contributed by atoms with E-state index in [-0.39, 0.29) is 23.7 Å². The molecule has 2 rings (SSSR count). The predicted octanol–water partition coefficient (Wildman–Crippen LogP) is 2.87. The second kappa shape index (κ2) is 8.84. The van der Waals surface area contributed by atoms with E-state index in [9.17, 15) is 13.2 Å². The summed E-state index contributed by atoms with van der Waals surface area (Å²) >= 11 is 5.84. The average molecular weight is 384 g/mol. The molecule has 0 fully saturated rings. The summed E-state index contributed by atoms with van der Waals surface area (Å²) in [6.07, 6.45) is 0. The third kappa shape index (κ3) is 5.74. The molecule has 0 atom stereocenters. The Bertz CT molecular complexity index is 821. The van der Waals surface area contributed by atoms with Gasteiger partial charge in [0.2, 0.25) is 10.0 Å². The summed E-state index contributed by atoms with van der Waals surface area (Å²) in [6, 6.07) is 12.4. The van der Waals surface area contributed by atoms with Gasteiger partial charge in [0.05, 0.1) is 10.5 Å². The molecular formula is C17H18ClNO5S. The van der Waals surface area contributed by atoms with Crippen LogP contribution >= 0.6 is 11.6 Å². The molecule has 0 spiro atoms. The Hall–Kier alpha value is -2.09. The number of benzene rings is 2. The van der Waals surface area contributed by atoms with E-state index >= 15 is 0 Å². The maximum atomic E-state index is 11.9. The zero-order chi connectivity index (χ0) is 18.3. The van der Waals surface area contributed by atoms with Gasteiger partial charge in [0.15, 0.2) is 0 Å². The first-order valence-corrected chi connectivity index (χ1v) is 9.43. The summed E-state index contributed by atoms with van der Waals surface area (Å²) in [5.74, 6) is 0.0311. The summed E-state index contributed by atoms with van der Waals surface area (Å²) < 4.78 is 36.5. The average Bonchev–Trinajstić information content (AvgIpc) is 2.59. The van der Waals surface area contributed by atoms with Crippen molar-refractivity contribution < 1.29 is 22.7 Å². The minimum Gasteiger partial charge on any atom is -0.490 e. The molecule has 0 unspecified atom stereocenters. The highest BCUT2D eigenvalue weighted by Crippen LogP contribution is 2.17. The molecule has 6 nitrogen and oxygen atoms in total. The van der Waals surface area contributed by atoms with E-state index in [0.29, 0.717) is 17.3 Å². The van der Waals surface area contributed by atoms with Crippen molar-refractivity contribution >= 4 is 27.6 Å². The third-order valence-corrected chi connectivity index (χ3v) is 4.91. The first-order chi connectivity index (χ1) is 11.9. The third-order valence-electron chi connectivity index (χ3n) is 3.12. The molecular weight excluding hydrogens is 366 g/mol. The van der Waals surface area contributed by atoms with Gasteiger partial charge >= 0.3 is 5.97 Å². The normalized spacial score (nSPS) is 11.1. The number of carbonyl (C=O) groups is 1. The van der Waals surface area contributed by atoms with Crippen LogP contribution in [0.5, 0.6) is 5.75 Å². The van der Waals surface area contributed by atoms with Crippen molar-refractivity contribution in [3.63, 3.8) is 0 Å². The number of carbonyl (C=O) groups excluding carboxylic acids is 1. The highest BCUT2D eigenvalue weighted by atomic mass is 35.5. The molecule has 8 heteroatoms. The van der Waals surface area contributed by atoms with Gasteiger partial charge < -0.3 is 9.47 Å². The number of nitrogens with one attached hydrogen (secondary N) is 1. The van der Waals surface area contributed by atoms with Crippen molar-refractivity contribution in [3.8, 4) is 5.75 Å². The lowest BCUT2D eigenvalue weighted by molar-refractivity contribution is 0.0450. The fourth-order valence-electron chi connectivity index (χ4n) is 1.98. The van der Waals surface area contributed by atoms with Gasteiger partial charge in [-0.3, -0.25) is 0 Å². The van der Waals surface area contributed by atoms with Crippen LogP contribution in [0.25, 0.3) is 0 Å². The molecule has 0 saturated heterocycles. The fourth-order valence-corrected chi connectivity index (χ4v) is 3.20. The standard InChI is InChI=1S/C17H18ClNO5S/c1-2-19-25(21,22)16-8-6-13(7-9-16)17(20)24-11-10-23-15-5-3-4-14(18)12-15/h3-9,12,19H,2,10-11H2,1H3. The number of sulfonamides is 1. The van der Waals surface area contributed by atoms with Gasteiger partial charge in [-0.2, -0.15) is 0 Å². The van der Waals surface area contributed by atoms with Gasteiger partial charge in [-0.25, -0.2) is 17.9 Å². The Morgan fingerprint density at radius 1 is 1.12 bits per heavy atom. The summed E-state index contributed by atoms with van der Waals surface area (Å²) in [4.78, 5) is 12.0. The highest BCUT2D eigenvalue weighted by Gasteiger charge is 2.14. The molecule has 0 bridgehead atoms. The lowest BCUT2D eigenvalue weighted by Crippen LogP contribution is -2.23. The quantitative estimate of drug-likeness (QED) is 0.560. The molecule has 0 saturated carbocycles. The van der Waals surface area contributed by atoms with Crippen LogP contribution in [0.15, 0.2) is 53.4 Å². The number of esters is 1. The molecule has 1 N–H and O–H groups in total. The van der Waals surface area contributed by atoms with Crippen LogP contribution in [-0.4, -0.2) is 34.1 Å². The number of hydrogen-bond acceptors (Lipinski definition) is 5. The van der Waals surface area contributed by atoms with Gasteiger partial charge in [-0.15, -0.1) is 0 Å². The molecule has 25 heavy (non-hydrogen) atoms. The van der Waals surface area contributed by atoms with Crippen LogP contribution in [0.3, 0.4) is 0 Å². The molecule has 0 aliphatic rings. The van der Waals surface area contributed by atoms with Crippen molar-refractivity contribution in [2.24, 2.45) is 0 Å². The number of ether oxygens (including phenoxy) is 2. The van der Waals surface area contributed by atoms with Gasteiger partial charge in [0, 0.05) is 11.6 Å². The Labute approximate surface area is 151 Å². The topological polar surface area (TPSA) is 81.7 Å². The van der Waals surface area contributed by atoms with Crippen molar-refractivity contribution in [1.82, 2.24) is 4.72 Å². The first-order valence-electron chi connectivity index (χ1n) is 7.57. The highest BCUT2D eigenvalue weighted by molar-refractivity contribution is 7.89. The van der Waals surface area contributed by atoms with E-state index in [2.05, 4.69) is 4.72 Å². The van der Waals surface area contributed by atoms with Crippen LogP contribution in [0.4, 0.5) is 0 Å². The molecule has 0 aromatic heterocycles. The zero-order valence-electron chi connectivity index (χ0n) is 13.6. The first kappa shape index (κ1) is 19.2. The fraction of sp³-hybridized carbons (Fsp3) is 0.235. The van der Waals surface area contributed by atoms with E-state index in [0.717, 1.165) is 0 Å². The monoisotopic (exact) mass is 383 g/mol. The van der Waals surface area contributed by atoms with Crippen LogP contribution in [0, 0.1) is 0 Å². The maximum Gasteiger partial charge on any atom is 0.338 e. The summed E-state index contributed by atoms with van der Waals surface area (Å²) in [6.45, 7) is 2.22. The smallest absolute Gasteiger partial charge is 0.338 e. The molecule has 0 aliphatic heterocycles. The molecule has 0 aliphatic carbocycles. The lowest BCUT2D eigenvalue weighted by atomic mass is 10.2. The van der Waals surface area contributed by atoms with Crippen molar-refractivity contribution in [3.05, 3.63) is 59.1 Å². The van der Waals surface area contributed by atoms with Gasteiger partial charge in [0.25, 0.3) is 0 Å². The Morgan fingerprint density at radius 2 is 1.84 bits per heavy atom. The zero-order valence-corrected chi connectivity index (χ0v) is 15.1. The predicted molar refractivity (Wildman–Crippen MR) is 94.5 cm³/mol. The van der Waals surface area contributed by atoms with Gasteiger partial charge in [-0.05, 0) is 42.5 Å². The Kier molecular flexibility index (Phi) is 6.81. The number of hydrogen-bond donors (Lipinski definition) is 1. The van der Waals surface area contributed by atoms with Crippen molar-refractivity contribution in [2.45, 2.75) is 11.8 Å². The van der Waals surface area contributed by atoms with Crippen LogP contribution < -0.4 is 9.46 Å². The second-order valence-corrected chi connectivity index (χ2v) is 7.17. The Balaban J connectivity index is 1.84. The van der Waals surface area contributed by atoms with Gasteiger partial charge in [-0.1, -0.05) is 24.6 Å². The lowest BCUT2D eigenvalue weighted by Gasteiger charge is -2.08. The van der Waals surface area contributed by atoms with E-state index in [1.54, 1.807) is 31.2 Å². The van der Waals surface area contributed by atoms with E-state index in [4.69, 9.17) is 21.1 Å². The van der Waals surface area contributed by atoms with Crippen LogP contribution in [0.1, 0.15) is 17.3 Å². The minimum absolute atomic E-state index is 0.0583. The number of halogens is 1. The summed E-state index contributed by atoms with van der Waals surface area (Å²) in [5, 5.41) is 0.557. The molecule has 0 radical (unpaired) electrons.